The van der Waals surface area contributed by atoms with Crippen LogP contribution in [0.25, 0.3) is 0 Å². The molecular formula is C15H17FN2. The predicted octanol–water partition coefficient (Wildman–Crippen LogP) is 3.35. The number of rotatable bonds is 3. The zero-order valence-electron chi connectivity index (χ0n) is 10.7. The van der Waals surface area contributed by atoms with E-state index < -0.39 is 0 Å². The largest absolute Gasteiger partial charge is 0.399 e. The van der Waals surface area contributed by atoms with E-state index in [0.717, 1.165) is 12.2 Å². The Morgan fingerprint density at radius 3 is 2.56 bits per heavy atom. The van der Waals surface area contributed by atoms with Gasteiger partial charge in [-0.2, -0.15) is 0 Å². The highest BCUT2D eigenvalue weighted by molar-refractivity contribution is 5.56. The third-order valence-corrected chi connectivity index (χ3v) is 3.01. The van der Waals surface area contributed by atoms with Crippen molar-refractivity contribution in [2.24, 2.45) is 0 Å². The Hall–Kier alpha value is -2.03. The Labute approximate surface area is 107 Å². The first-order chi connectivity index (χ1) is 8.56. The van der Waals surface area contributed by atoms with E-state index in [4.69, 9.17) is 5.73 Å². The Kier molecular flexibility index (Phi) is 3.51. The van der Waals surface area contributed by atoms with Crippen molar-refractivity contribution in [3.63, 3.8) is 0 Å². The highest BCUT2D eigenvalue weighted by Crippen LogP contribution is 2.21. The first-order valence-electron chi connectivity index (χ1n) is 5.88. The predicted molar refractivity (Wildman–Crippen MR) is 74.1 cm³/mol. The Balaban J connectivity index is 2.22. The number of nitrogens with zero attached hydrogens (tertiary/aromatic N) is 1. The van der Waals surface area contributed by atoms with Crippen molar-refractivity contribution in [3.05, 3.63) is 59.4 Å². The van der Waals surface area contributed by atoms with Gasteiger partial charge in [0.05, 0.1) is 0 Å². The van der Waals surface area contributed by atoms with Gasteiger partial charge in [0.2, 0.25) is 0 Å². The molecule has 0 amide bonds. The van der Waals surface area contributed by atoms with Crippen molar-refractivity contribution >= 4 is 11.4 Å². The molecular weight excluding hydrogens is 227 g/mol. The van der Waals surface area contributed by atoms with Crippen molar-refractivity contribution in [1.82, 2.24) is 0 Å². The molecule has 0 unspecified atom stereocenters. The highest BCUT2D eigenvalue weighted by atomic mass is 19.1. The van der Waals surface area contributed by atoms with Crippen molar-refractivity contribution < 1.29 is 4.39 Å². The molecule has 0 aliphatic carbocycles. The molecule has 0 aromatic heterocycles. The second-order valence-electron chi connectivity index (χ2n) is 4.53. The molecule has 0 spiro atoms. The number of benzene rings is 2. The smallest absolute Gasteiger partial charge is 0.127 e. The molecule has 0 radical (unpaired) electrons. The fourth-order valence-electron chi connectivity index (χ4n) is 1.95. The summed E-state index contributed by atoms with van der Waals surface area (Å²) in [5, 5.41) is 0. The van der Waals surface area contributed by atoms with Crippen LogP contribution in [-0.4, -0.2) is 7.05 Å². The fourth-order valence-corrected chi connectivity index (χ4v) is 1.95. The monoisotopic (exact) mass is 244 g/mol. The van der Waals surface area contributed by atoms with Gasteiger partial charge in [-0.1, -0.05) is 24.3 Å². The number of anilines is 2. The number of aryl methyl sites for hydroxylation is 1. The number of hydrogen-bond acceptors (Lipinski definition) is 2. The zero-order chi connectivity index (χ0) is 13.1. The summed E-state index contributed by atoms with van der Waals surface area (Å²) in [4.78, 5) is 1.99. The van der Waals surface area contributed by atoms with Crippen LogP contribution in [0.15, 0.2) is 42.5 Å². The molecule has 2 nitrogen and oxygen atoms in total. The lowest BCUT2D eigenvalue weighted by Crippen LogP contribution is -2.17. The van der Waals surface area contributed by atoms with Crippen molar-refractivity contribution in [2.75, 3.05) is 17.7 Å². The average Bonchev–Trinajstić information content (AvgIpc) is 2.31. The van der Waals surface area contributed by atoms with Crippen LogP contribution in [0.3, 0.4) is 0 Å². The Morgan fingerprint density at radius 2 is 1.89 bits per heavy atom. The zero-order valence-corrected chi connectivity index (χ0v) is 10.7. The van der Waals surface area contributed by atoms with Crippen LogP contribution in [-0.2, 0) is 6.54 Å². The van der Waals surface area contributed by atoms with Gasteiger partial charge in [-0.15, -0.1) is 0 Å². The van der Waals surface area contributed by atoms with E-state index in [-0.39, 0.29) is 5.82 Å². The summed E-state index contributed by atoms with van der Waals surface area (Å²) >= 11 is 0. The minimum absolute atomic E-state index is 0.304. The van der Waals surface area contributed by atoms with Crippen LogP contribution in [0.2, 0.25) is 0 Å². The van der Waals surface area contributed by atoms with Crippen molar-refractivity contribution in [3.8, 4) is 0 Å². The molecule has 0 atom stereocenters. The van der Waals surface area contributed by atoms with E-state index in [1.54, 1.807) is 6.07 Å². The summed E-state index contributed by atoms with van der Waals surface area (Å²) in [5.41, 5.74) is 9.34. The second-order valence-corrected chi connectivity index (χ2v) is 4.53. The first-order valence-corrected chi connectivity index (χ1v) is 5.88. The number of hydrogen-bond donors (Lipinski definition) is 1. The summed E-state index contributed by atoms with van der Waals surface area (Å²) in [7, 11) is 1.93. The Morgan fingerprint density at radius 1 is 1.17 bits per heavy atom. The van der Waals surface area contributed by atoms with E-state index in [2.05, 4.69) is 19.1 Å². The average molecular weight is 244 g/mol. The summed E-state index contributed by atoms with van der Waals surface area (Å²) in [6.07, 6.45) is 0. The van der Waals surface area contributed by atoms with Crippen molar-refractivity contribution in [1.29, 1.82) is 0 Å². The summed E-state index contributed by atoms with van der Waals surface area (Å²) in [5.74, 6) is -0.304. The maximum Gasteiger partial charge on any atom is 0.127 e. The molecule has 0 fully saturated rings. The van der Waals surface area contributed by atoms with Crippen LogP contribution < -0.4 is 10.6 Å². The van der Waals surface area contributed by atoms with Gasteiger partial charge in [0.1, 0.15) is 5.82 Å². The van der Waals surface area contributed by atoms with E-state index in [9.17, 15) is 4.39 Å². The lowest BCUT2D eigenvalue weighted by atomic mass is 10.1. The highest BCUT2D eigenvalue weighted by Gasteiger charge is 2.06. The van der Waals surface area contributed by atoms with Gasteiger partial charge in [-0.05, 0) is 36.2 Å². The number of nitrogens with two attached hydrogens (primary N) is 1. The molecule has 0 saturated heterocycles. The van der Waals surface area contributed by atoms with Gasteiger partial charge >= 0.3 is 0 Å². The second kappa shape index (κ2) is 5.08. The van der Waals surface area contributed by atoms with Crippen LogP contribution in [0, 0.1) is 12.7 Å². The van der Waals surface area contributed by atoms with Gasteiger partial charge in [-0.25, -0.2) is 4.39 Å². The molecule has 3 heteroatoms. The van der Waals surface area contributed by atoms with Crippen LogP contribution in [0.5, 0.6) is 0 Å². The molecule has 18 heavy (non-hydrogen) atoms. The normalized spacial score (nSPS) is 10.4. The molecule has 2 N–H and O–H groups in total. The van der Waals surface area contributed by atoms with E-state index in [0.29, 0.717) is 5.69 Å². The topological polar surface area (TPSA) is 29.3 Å². The fraction of sp³-hybridized carbons (Fsp3) is 0.200. The number of halogens is 1. The minimum atomic E-state index is -0.304. The van der Waals surface area contributed by atoms with E-state index >= 15 is 0 Å². The van der Waals surface area contributed by atoms with Crippen LogP contribution >= 0.6 is 0 Å². The maximum atomic E-state index is 13.3. The SMILES string of the molecule is Cc1ccccc1CN(C)c1cc(N)cc(F)c1. The van der Waals surface area contributed by atoms with Gasteiger partial charge in [0, 0.05) is 25.0 Å². The standard InChI is InChI=1S/C15H17FN2/c1-11-5-3-4-6-12(11)10-18(2)15-8-13(16)7-14(17)9-15/h3-9H,10,17H2,1-2H3. The quantitative estimate of drug-likeness (QED) is 0.839. The van der Waals surface area contributed by atoms with Gasteiger partial charge in [0.15, 0.2) is 0 Å². The Bertz CT molecular complexity index is 532. The van der Waals surface area contributed by atoms with E-state index in [1.165, 1.54) is 23.3 Å². The molecule has 0 heterocycles. The maximum absolute atomic E-state index is 13.3. The number of nitrogen functional groups attached to an aromatic ring is 1. The summed E-state index contributed by atoms with van der Waals surface area (Å²) in [6.45, 7) is 2.80. The molecule has 2 rings (SSSR count). The molecule has 0 bridgehead atoms. The molecule has 94 valence electrons. The first kappa shape index (κ1) is 12.4. The molecule has 2 aromatic carbocycles. The minimum Gasteiger partial charge on any atom is -0.399 e. The summed E-state index contributed by atoms with van der Waals surface area (Å²) < 4.78 is 13.3. The molecule has 2 aromatic rings. The molecule has 0 aliphatic rings. The van der Waals surface area contributed by atoms with Crippen LogP contribution in [0.1, 0.15) is 11.1 Å². The van der Waals surface area contributed by atoms with Crippen LogP contribution in [0.4, 0.5) is 15.8 Å². The molecule has 0 saturated carbocycles. The lowest BCUT2D eigenvalue weighted by molar-refractivity contribution is 0.628. The third kappa shape index (κ3) is 2.80. The van der Waals surface area contributed by atoms with Gasteiger partial charge in [-0.3, -0.25) is 0 Å². The van der Waals surface area contributed by atoms with E-state index in [1.807, 2.05) is 24.1 Å². The third-order valence-electron chi connectivity index (χ3n) is 3.01. The summed E-state index contributed by atoms with van der Waals surface area (Å²) in [6, 6.07) is 12.8. The van der Waals surface area contributed by atoms with Gasteiger partial charge in [0.25, 0.3) is 0 Å². The van der Waals surface area contributed by atoms with Crippen molar-refractivity contribution in [2.45, 2.75) is 13.5 Å². The molecule has 0 aliphatic heterocycles. The van der Waals surface area contributed by atoms with Gasteiger partial charge < -0.3 is 10.6 Å². The lowest BCUT2D eigenvalue weighted by Gasteiger charge is -2.21.